The second-order valence-corrected chi connectivity index (χ2v) is 9.42. The quantitative estimate of drug-likeness (QED) is 0.816. The highest BCUT2D eigenvalue weighted by molar-refractivity contribution is 7.88. The van der Waals surface area contributed by atoms with Crippen LogP contribution in [0.4, 0.5) is 5.69 Å². The first-order valence-corrected chi connectivity index (χ1v) is 11.1. The molecule has 1 fully saturated rings. The lowest BCUT2D eigenvalue weighted by Crippen LogP contribution is -2.38. The van der Waals surface area contributed by atoms with E-state index >= 15 is 0 Å². The summed E-state index contributed by atoms with van der Waals surface area (Å²) in [6, 6.07) is 5.14. The fourth-order valence-electron chi connectivity index (χ4n) is 3.10. The highest BCUT2D eigenvalue weighted by Crippen LogP contribution is 2.34. The Hall–Kier alpha value is -2.24. The highest BCUT2D eigenvalue weighted by atomic mass is 32.2. The summed E-state index contributed by atoms with van der Waals surface area (Å²) < 4.78 is 35.5. The highest BCUT2D eigenvalue weighted by Gasteiger charge is 2.29. The fourth-order valence-corrected chi connectivity index (χ4v) is 4.87. The number of amides is 1. The van der Waals surface area contributed by atoms with Crippen molar-refractivity contribution < 1.29 is 22.7 Å². The largest absolute Gasteiger partial charge is 0.454 e. The van der Waals surface area contributed by atoms with E-state index in [1.807, 2.05) is 0 Å². The molecular weight excluding hydrogens is 392 g/mol. The first-order chi connectivity index (χ1) is 12.9. The summed E-state index contributed by atoms with van der Waals surface area (Å²) in [4.78, 5) is 12.5. The van der Waals surface area contributed by atoms with Gasteiger partial charge in [-0.15, -0.1) is 10.2 Å². The van der Waals surface area contributed by atoms with E-state index in [0.29, 0.717) is 35.3 Å². The number of carbonyl (C=O) groups excluding carboxylic acids is 1. The number of aromatic nitrogens is 2. The number of nitrogens with zero attached hydrogens (tertiary/aromatic N) is 3. The van der Waals surface area contributed by atoms with Gasteiger partial charge in [0.15, 0.2) is 11.5 Å². The SMILES string of the molecule is CS(=O)(=O)N1CCCC(c2nnc(C(=O)Nc3ccc4c(c3)OCO4)s2)C1. The van der Waals surface area contributed by atoms with E-state index < -0.39 is 10.0 Å². The summed E-state index contributed by atoms with van der Waals surface area (Å²) in [5, 5.41) is 11.8. The van der Waals surface area contributed by atoms with Crippen LogP contribution in [-0.4, -0.2) is 55.0 Å². The molecule has 0 radical (unpaired) electrons. The molecule has 9 nitrogen and oxygen atoms in total. The van der Waals surface area contributed by atoms with E-state index in [2.05, 4.69) is 15.5 Å². The molecule has 1 unspecified atom stereocenters. The number of ether oxygens (including phenoxy) is 2. The van der Waals surface area contributed by atoms with Crippen LogP contribution in [0.3, 0.4) is 0 Å². The lowest BCUT2D eigenvalue weighted by Gasteiger charge is -2.29. The molecule has 144 valence electrons. The number of hydrogen-bond acceptors (Lipinski definition) is 8. The van der Waals surface area contributed by atoms with Gasteiger partial charge in [-0.3, -0.25) is 4.79 Å². The third kappa shape index (κ3) is 3.89. The second kappa shape index (κ2) is 7.06. The van der Waals surface area contributed by atoms with Gasteiger partial charge < -0.3 is 14.8 Å². The zero-order chi connectivity index (χ0) is 19.0. The minimum atomic E-state index is -3.23. The second-order valence-electron chi connectivity index (χ2n) is 6.43. The van der Waals surface area contributed by atoms with E-state index in [-0.39, 0.29) is 23.6 Å². The Morgan fingerprint density at radius 1 is 1.30 bits per heavy atom. The van der Waals surface area contributed by atoms with Crippen molar-refractivity contribution in [3.05, 3.63) is 28.2 Å². The fraction of sp³-hybridized carbons (Fsp3) is 0.438. The molecule has 0 saturated carbocycles. The van der Waals surface area contributed by atoms with Gasteiger partial charge in [0, 0.05) is 30.8 Å². The van der Waals surface area contributed by atoms with Crippen molar-refractivity contribution in [2.75, 3.05) is 31.5 Å². The van der Waals surface area contributed by atoms with Crippen molar-refractivity contribution in [3.63, 3.8) is 0 Å². The lowest BCUT2D eigenvalue weighted by atomic mass is 10.0. The maximum atomic E-state index is 12.5. The van der Waals surface area contributed by atoms with Gasteiger partial charge in [-0.05, 0) is 25.0 Å². The molecule has 3 heterocycles. The Balaban J connectivity index is 1.45. The van der Waals surface area contributed by atoms with Crippen LogP contribution in [0.2, 0.25) is 0 Å². The number of fused-ring (bicyclic) bond motifs is 1. The minimum absolute atomic E-state index is 0.0435. The molecule has 2 aromatic rings. The minimum Gasteiger partial charge on any atom is -0.454 e. The third-order valence-corrected chi connectivity index (χ3v) is 6.82. The molecule has 0 aliphatic carbocycles. The first-order valence-electron chi connectivity index (χ1n) is 8.40. The van der Waals surface area contributed by atoms with Crippen molar-refractivity contribution in [1.29, 1.82) is 0 Å². The van der Waals surface area contributed by atoms with Gasteiger partial charge >= 0.3 is 0 Å². The molecule has 2 aliphatic rings. The van der Waals surface area contributed by atoms with Crippen molar-refractivity contribution >= 4 is 33.0 Å². The summed E-state index contributed by atoms with van der Waals surface area (Å²) in [5.74, 6) is 0.805. The maximum Gasteiger partial charge on any atom is 0.286 e. The van der Waals surface area contributed by atoms with E-state index in [1.54, 1.807) is 18.2 Å². The van der Waals surface area contributed by atoms with Crippen LogP contribution >= 0.6 is 11.3 Å². The molecule has 4 rings (SSSR count). The Morgan fingerprint density at radius 3 is 2.93 bits per heavy atom. The number of anilines is 1. The molecule has 0 spiro atoms. The molecule has 1 saturated heterocycles. The predicted molar refractivity (Wildman–Crippen MR) is 98.8 cm³/mol. The number of benzene rings is 1. The molecule has 11 heteroatoms. The third-order valence-electron chi connectivity index (χ3n) is 4.47. The normalized spacial score (nSPS) is 19.8. The molecule has 2 aliphatic heterocycles. The summed E-state index contributed by atoms with van der Waals surface area (Å²) in [6.07, 6.45) is 2.79. The van der Waals surface area contributed by atoms with E-state index in [4.69, 9.17) is 9.47 Å². The smallest absolute Gasteiger partial charge is 0.286 e. The summed E-state index contributed by atoms with van der Waals surface area (Å²) >= 11 is 1.19. The zero-order valence-corrected chi connectivity index (χ0v) is 16.2. The molecule has 1 N–H and O–H groups in total. The van der Waals surface area contributed by atoms with E-state index in [0.717, 1.165) is 12.8 Å². The summed E-state index contributed by atoms with van der Waals surface area (Å²) in [5.41, 5.74) is 0.571. The molecule has 1 aromatic carbocycles. The van der Waals surface area contributed by atoms with E-state index in [1.165, 1.54) is 21.9 Å². The Morgan fingerprint density at radius 2 is 2.11 bits per heavy atom. The van der Waals surface area contributed by atoms with Crippen LogP contribution in [0.1, 0.15) is 33.6 Å². The molecule has 27 heavy (non-hydrogen) atoms. The molecule has 1 atom stereocenters. The first kappa shape index (κ1) is 18.1. The molecule has 0 bridgehead atoms. The maximum absolute atomic E-state index is 12.5. The summed E-state index contributed by atoms with van der Waals surface area (Å²) in [6.45, 7) is 1.06. The lowest BCUT2D eigenvalue weighted by molar-refractivity contribution is 0.102. The van der Waals surface area contributed by atoms with Crippen LogP contribution in [-0.2, 0) is 10.0 Å². The number of hydrogen-bond donors (Lipinski definition) is 1. The van der Waals surface area contributed by atoms with Crippen LogP contribution in [0.25, 0.3) is 0 Å². The van der Waals surface area contributed by atoms with Gasteiger partial charge in [-0.2, -0.15) is 0 Å². The van der Waals surface area contributed by atoms with Gasteiger partial charge in [0.1, 0.15) is 5.01 Å². The number of rotatable bonds is 4. The number of nitrogens with one attached hydrogen (secondary N) is 1. The van der Waals surface area contributed by atoms with Crippen molar-refractivity contribution in [1.82, 2.24) is 14.5 Å². The Labute approximate surface area is 160 Å². The summed E-state index contributed by atoms with van der Waals surface area (Å²) in [7, 11) is -3.23. The van der Waals surface area contributed by atoms with Gasteiger partial charge in [-0.25, -0.2) is 12.7 Å². The van der Waals surface area contributed by atoms with Crippen LogP contribution in [0.15, 0.2) is 18.2 Å². The molecular formula is C16H18N4O5S2. The Kier molecular flexibility index (Phi) is 4.74. The van der Waals surface area contributed by atoms with Gasteiger partial charge in [0.05, 0.1) is 6.26 Å². The average Bonchev–Trinajstić information content (AvgIpc) is 3.30. The number of sulfonamides is 1. The van der Waals surface area contributed by atoms with Gasteiger partial charge in [-0.1, -0.05) is 11.3 Å². The van der Waals surface area contributed by atoms with Gasteiger partial charge in [0.25, 0.3) is 5.91 Å². The molecule has 1 aromatic heterocycles. The topological polar surface area (TPSA) is 111 Å². The number of carbonyl (C=O) groups is 1. The van der Waals surface area contributed by atoms with Crippen molar-refractivity contribution in [3.8, 4) is 11.5 Å². The molecule has 1 amide bonds. The van der Waals surface area contributed by atoms with Gasteiger partial charge in [0.2, 0.25) is 21.8 Å². The van der Waals surface area contributed by atoms with Crippen molar-refractivity contribution in [2.45, 2.75) is 18.8 Å². The van der Waals surface area contributed by atoms with Crippen molar-refractivity contribution in [2.24, 2.45) is 0 Å². The number of piperidine rings is 1. The van der Waals surface area contributed by atoms with E-state index in [9.17, 15) is 13.2 Å². The Bertz CT molecular complexity index is 975. The average molecular weight is 410 g/mol. The van der Waals surface area contributed by atoms with Crippen LogP contribution in [0, 0.1) is 0 Å². The standard InChI is InChI=1S/C16H18N4O5S2/c1-27(22,23)20-6-2-3-10(8-20)15-18-19-16(26-15)14(21)17-11-4-5-12-13(7-11)25-9-24-12/h4-5,7,10H,2-3,6,8-9H2,1H3,(H,17,21). The van der Waals surface area contributed by atoms with Crippen LogP contribution < -0.4 is 14.8 Å². The van der Waals surface area contributed by atoms with Crippen LogP contribution in [0.5, 0.6) is 11.5 Å². The monoisotopic (exact) mass is 410 g/mol. The zero-order valence-electron chi connectivity index (χ0n) is 14.5. The predicted octanol–water partition coefficient (Wildman–Crippen LogP) is 1.66.